The molecule has 1 atom stereocenters. The van der Waals surface area contributed by atoms with Crippen LogP contribution in [0.15, 0.2) is 24.3 Å². The number of nitrogens with two attached hydrogens (primary N) is 1. The number of alkyl halides is 3. The highest BCUT2D eigenvalue weighted by atomic mass is 19.4. The fourth-order valence-corrected chi connectivity index (χ4v) is 2.00. The van der Waals surface area contributed by atoms with E-state index in [9.17, 15) is 23.1 Å². The zero-order chi connectivity index (χ0) is 17.9. The molecule has 2 amide bonds. The first-order valence-corrected chi connectivity index (χ1v) is 6.88. The molecular weight excluding hydrogens is 327 g/mol. The summed E-state index contributed by atoms with van der Waals surface area (Å²) in [6.07, 6.45) is -4.51. The van der Waals surface area contributed by atoms with Gasteiger partial charge in [-0.05, 0) is 24.6 Å². The van der Waals surface area contributed by atoms with Crippen molar-refractivity contribution in [2.45, 2.75) is 19.1 Å². The second-order valence-corrected chi connectivity index (χ2v) is 5.07. The van der Waals surface area contributed by atoms with Crippen LogP contribution in [-0.2, 0) is 6.18 Å². The van der Waals surface area contributed by atoms with Gasteiger partial charge < -0.3 is 16.2 Å². The molecule has 2 aromatic rings. The number of hydrogen-bond donors (Lipinski definition) is 5. The summed E-state index contributed by atoms with van der Waals surface area (Å²) in [7, 11) is 0. The molecule has 0 fully saturated rings. The molecule has 6 N–H and O–H groups in total. The van der Waals surface area contributed by atoms with Gasteiger partial charge in [-0.15, -0.1) is 0 Å². The number of aliphatic hydroxyl groups excluding tert-OH is 1. The molecule has 0 bridgehead atoms. The summed E-state index contributed by atoms with van der Waals surface area (Å²) < 4.78 is 38.2. The Bertz CT molecular complexity index is 729. The fraction of sp³-hybridized carbons (Fsp3) is 0.286. The molecule has 0 aliphatic rings. The molecule has 10 heteroatoms. The number of aromatic amines is 1. The van der Waals surface area contributed by atoms with Gasteiger partial charge in [0.25, 0.3) is 0 Å². The summed E-state index contributed by atoms with van der Waals surface area (Å²) in [5.74, 6) is 0.465. The maximum atomic E-state index is 12.7. The first kappa shape index (κ1) is 17.6. The van der Waals surface area contributed by atoms with Gasteiger partial charge in [-0.25, -0.2) is 4.79 Å². The standard InChI is InChI=1S/C14H16F3N5O2/c1-7-11(18)21-22-12(7)20-13(24)19-10(6-23)8-3-2-4-9(5-8)14(15,16)17/h2-5,10,23H,6H2,1H3,(H5,18,19,20,21,22,24)/t10-/m1/s1. The third-order valence-electron chi connectivity index (χ3n) is 3.38. The second-order valence-electron chi connectivity index (χ2n) is 5.07. The monoisotopic (exact) mass is 343 g/mol. The molecule has 24 heavy (non-hydrogen) atoms. The minimum absolute atomic E-state index is 0.126. The number of amides is 2. The molecule has 0 aliphatic carbocycles. The molecular formula is C14H16F3N5O2. The lowest BCUT2D eigenvalue weighted by Gasteiger charge is -2.18. The van der Waals surface area contributed by atoms with E-state index in [1.807, 2.05) is 0 Å². The summed E-state index contributed by atoms with van der Waals surface area (Å²) in [6.45, 7) is 1.06. The van der Waals surface area contributed by atoms with Gasteiger partial charge in [0.2, 0.25) is 0 Å². The molecule has 1 aromatic heterocycles. The molecule has 0 spiro atoms. The molecule has 1 heterocycles. The van der Waals surface area contributed by atoms with E-state index >= 15 is 0 Å². The van der Waals surface area contributed by atoms with Crippen LogP contribution in [0.1, 0.15) is 22.7 Å². The Morgan fingerprint density at radius 2 is 2.17 bits per heavy atom. The number of carbonyl (C=O) groups excluding carboxylic acids is 1. The lowest BCUT2D eigenvalue weighted by Crippen LogP contribution is -2.34. The number of nitrogens with one attached hydrogen (secondary N) is 3. The Morgan fingerprint density at radius 1 is 1.46 bits per heavy atom. The summed E-state index contributed by atoms with van der Waals surface area (Å²) in [5.41, 5.74) is 5.34. The largest absolute Gasteiger partial charge is 0.416 e. The van der Waals surface area contributed by atoms with Crippen LogP contribution in [0.3, 0.4) is 0 Å². The van der Waals surface area contributed by atoms with E-state index in [4.69, 9.17) is 5.73 Å². The number of benzene rings is 1. The Labute approximate surface area is 135 Å². The van der Waals surface area contributed by atoms with E-state index < -0.39 is 30.4 Å². The number of halogens is 3. The normalized spacial score (nSPS) is 12.7. The number of carbonyl (C=O) groups is 1. The van der Waals surface area contributed by atoms with Gasteiger partial charge in [-0.2, -0.15) is 18.3 Å². The fourth-order valence-electron chi connectivity index (χ4n) is 2.00. The Morgan fingerprint density at radius 3 is 2.71 bits per heavy atom. The molecule has 7 nitrogen and oxygen atoms in total. The first-order chi connectivity index (χ1) is 11.2. The Balaban J connectivity index is 2.12. The van der Waals surface area contributed by atoms with Gasteiger partial charge in [0.15, 0.2) is 5.82 Å². The van der Waals surface area contributed by atoms with Crippen LogP contribution in [0.2, 0.25) is 0 Å². The Kier molecular flexibility index (Phi) is 4.98. The topological polar surface area (TPSA) is 116 Å². The number of hydrogen-bond acceptors (Lipinski definition) is 4. The van der Waals surface area contributed by atoms with Crippen molar-refractivity contribution in [3.63, 3.8) is 0 Å². The average molecular weight is 343 g/mol. The number of rotatable bonds is 4. The van der Waals surface area contributed by atoms with Gasteiger partial charge in [-0.3, -0.25) is 10.4 Å². The molecule has 0 saturated carbocycles. The maximum absolute atomic E-state index is 12.7. The molecule has 1 aromatic carbocycles. The summed E-state index contributed by atoms with van der Waals surface area (Å²) >= 11 is 0. The van der Waals surface area contributed by atoms with E-state index in [1.54, 1.807) is 6.92 Å². The molecule has 0 saturated heterocycles. The van der Waals surface area contributed by atoms with Gasteiger partial charge in [0.05, 0.1) is 18.2 Å². The Hall–Kier alpha value is -2.75. The van der Waals surface area contributed by atoms with Crippen LogP contribution in [0.4, 0.5) is 29.6 Å². The van der Waals surface area contributed by atoms with Crippen molar-refractivity contribution in [1.82, 2.24) is 15.5 Å². The molecule has 0 aliphatic heterocycles. The third kappa shape index (κ3) is 3.96. The van der Waals surface area contributed by atoms with E-state index in [-0.39, 0.29) is 17.2 Å². The van der Waals surface area contributed by atoms with Crippen LogP contribution in [0.5, 0.6) is 0 Å². The second kappa shape index (κ2) is 6.79. The predicted octanol–water partition coefficient (Wildman–Crippen LogP) is 2.17. The highest BCUT2D eigenvalue weighted by molar-refractivity contribution is 5.89. The van der Waals surface area contributed by atoms with Gasteiger partial charge in [0.1, 0.15) is 5.82 Å². The highest BCUT2D eigenvalue weighted by Gasteiger charge is 2.31. The summed E-state index contributed by atoms with van der Waals surface area (Å²) in [4.78, 5) is 11.9. The van der Waals surface area contributed by atoms with E-state index in [0.717, 1.165) is 12.1 Å². The lowest BCUT2D eigenvalue weighted by molar-refractivity contribution is -0.137. The molecule has 2 rings (SSSR count). The quantitative estimate of drug-likeness (QED) is 0.585. The average Bonchev–Trinajstić information content (AvgIpc) is 2.84. The lowest BCUT2D eigenvalue weighted by atomic mass is 10.0. The first-order valence-electron chi connectivity index (χ1n) is 6.88. The number of nitrogens with zero attached hydrogens (tertiary/aromatic N) is 1. The third-order valence-corrected chi connectivity index (χ3v) is 3.38. The zero-order valence-corrected chi connectivity index (χ0v) is 12.6. The number of aromatic nitrogens is 2. The van der Waals surface area contributed by atoms with Crippen molar-refractivity contribution >= 4 is 17.7 Å². The van der Waals surface area contributed by atoms with Crippen molar-refractivity contribution in [3.05, 3.63) is 41.0 Å². The molecule has 0 radical (unpaired) electrons. The summed E-state index contributed by atoms with van der Waals surface area (Å²) in [6, 6.07) is 2.63. The summed E-state index contributed by atoms with van der Waals surface area (Å²) in [5, 5.41) is 20.4. The van der Waals surface area contributed by atoms with E-state index in [1.165, 1.54) is 12.1 Å². The smallest absolute Gasteiger partial charge is 0.394 e. The van der Waals surface area contributed by atoms with Gasteiger partial charge in [-0.1, -0.05) is 12.1 Å². The number of H-pyrrole nitrogens is 1. The van der Waals surface area contributed by atoms with Crippen LogP contribution in [0, 0.1) is 6.92 Å². The van der Waals surface area contributed by atoms with Crippen molar-refractivity contribution < 1.29 is 23.1 Å². The molecule has 0 unspecified atom stereocenters. The predicted molar refractivity (Wildman–Crippen MR) is 81.2 cm³/mol. The van der Waals surface area contributed by atoms with Crippen LogP contribution < -0.4 is 16.4 Å². The van der Waals surface area contributed by atoms with E-state index in [2.05, 4.69) is 20.8 Å². The SMILES string of the molecule is Cc1c(NC(=O)N[C@H](CO)c2cccc(C(F)(F)F)c2)n[nH]c1N. The number of aliphatic hydroxyl groups is 1. The molecule has 130 valence electrons. The van der Waals surface area contributed by atoms with Gasteiger partial charge >= 0.3 is 12.2 Å². The highest BCUT2D eigenvalue weighted by Crippen LogP contribution is 2.30. The minimum atomic E-state index is -4.51. The number of nitrogen functional groups attached to an aromatic ring is 1. The van der Waals surface area contributed by atoms with Crippen molar-refractivity contribution in [3.8, 4) is 0 Å². The van der Waals surface area contributed by atoms with Crippen LogP contribution >= 0.6 is 0 Å². The van der Waals surface area contributed by atoms with Crippen molar-refractivity contribution in [1.29, 1.82) is 0 Å². The minimum Gasteiger partial charge on any atom is -0.394 e. The van der Waals surface area contributed by atoms with Crippen molar-refractivity contribution in [2.24, 2.45) is 0 Å². The van der Waals surface area contributed by atoms with Gasteiger partial charge in [0, 0.05) is 5.56 Å². The number of anilines is 2. The van der Waals surface area contributed by atoms with Crippen LogP contribution in [-0.4, -0.2) is 27.9 Å². The zero-order valence-electron chi connectivity index (χ0n) is 12.6. The number of urea groups is 1. The van der Waals surface area contributed by atoms with E-state index in [0.29, 0.717) is 5.56 Å². The van der Waals surface area contributed by atoms with Crippen LogP contribution in [0.25, 0.3) is 0 Å². The van der Waals surface area contributed by atoms with Crippen molar-refractivity contribution in [2.75, 3.05) is 17.7 Å². The maximum Gasteiger partial charge on any atom is 0.416 e.